The maximum absolute atomic E-state index is 12.2. The Morgan fingerprint density at radius 2 is 2.09 bits per heavy atom. The topological polar surface area (TPSA) is 64.1 Å². The summed E-state index contributed by atoms with van der Waals surface area (Å²) in [4.78, 5) is 20.4. The van der Waals surface area contributed by atoms with Crippen LogP contribution in [-0.2, 0) is 4.74 Å². The van der Waals surface area contributed by atoms with Crippen molar-refractivity contribution in [3.8, 4) is 11.3 Å². The molecule has 1 amide bonds. The maximum Gasteiger partial charge on any atom is 0.270 e. The molecule has 1 aromatic heterocycles. The van der Waals surface area contributed by atoms with E-state index in [1.165, 1.54) is 6.33 Å². The lowest BCUT2D eigenvalue weighted by Gasteiger charge is -2.10. The van der Waals surface area contributed by atoms with Gasteiger partial charge in [-0.25, -0.2) is 9.97 Å². The molecule has 5 nitrogen and oxygen atoms in total. The fourth-order valence-corrected chi connectivity index (χ4v) is 2.50. The molecule has 0 bridgehead atoms. The molecule has 7 heteroatoms. The number of aromatic nitrogens is 2. The first kappa shape index (κ1) is 15.2. The number of ether oxygens (including phenoxy) is 1. The molecule has 3 rings (SSSR count). The van der Waals surface area contributed by atoms with Crippen LogP contribution >= 0.6 is 23.2 Å². The van der Waals surface area contributed by atoms with E-state index < -0.39 is 0 Å². The molecule has 2 aromatic rings. The Bertz CT molecular complexity index is 703. The molecule has 1 atom stereocenters. The number of hydrogen-bond donors (Lipinski definition) is 1. The lowest BCUT2D eigenvalue weighted by Crippen LogP contribution is -2.35. The summed E-state index contributed by atoms with van der Waals surface area (Å²) in [6, 6.07) is 6.86. The Kier molecular flexibility index (Phi) is 4.57. The monoisotopic (exact) mass is 337 g/mol. The first-order chi connectivity index (χ1) is 10.6. The smallest absolute Gasteiger partial charge is 0.270 e. The Balaban J connectivity index is 1.82. The van der Waals surface area contributed by atoms with Gasteiger partial charge in [0.25, 0.3) is 5.91 Å². The first-order valence-electron chi connectivity index (χ1n) is 6.79. The second kappa shape index (κ2) is 6.60. The van der Waals surface area contributed by atoms with E-state index in [0.717, 1.165) is 12.0 Å². The number of benzene rings is 1. The summed E-state index contributed by atoms with van der Waals surface area (Å²) in [5.41, 5.74) is 1.69. The zero-order chi connectivity index (χ0) is 15.5. The van der Waals surface area contributed by atoms with Gasteiger partial charge >= 0.3 is 0 Å². The molecule has 0 unspecified atom stereocenters. The minimum absolute atomic E-state index is 0.0379. The van der Waals surface area contributed by atoms with Crippen LogP contribution in [0.2, 0.25) is 10.0 Å². The number of amides is 1. The Morgan fingerprint density at radius 3 is 2.82 bits per heavy atom. The second-order valence-electron chi connectivity index (χ2n) is 4.95. The summed E-state index contributed by atoms with van der Waals surface area (Å²) in [6.07, 6.45) is 2.17. The zero-order valence-electron chi connectivity index (χ0n) is 11.6. The second-order valence-corrected chi connectivity index (χ2v) is 5.77. The van der Waals surface area contributed by atoms with Crippen molar-refractivity contribution in [1.82, 2.24) is 15.3 Å². The number of nitrogens with one attached hydrogen (secondary N) is 1. The van der Waals surface area contributed by atoms with E-state index in [4.69, 9.17) is 27.9 Å². The summed E-state index contributed by atoms with van der Waals surface area (Å²) in [6.45, 7) is 1.21. The predicted molar refractivity (Wildman–Crippen MR) is 84.2 cm³/mol. The first-order valence-corrected chi connectivity index (χ1v) is 7.55. The molecule has 1 saturated heterocycles. The van der Waals surface area contributed by atoms with E-state index >= 15 is 0 Å². The van der Waals surface area contributed by atoms with Crippen LogP contribution in [0.3, 0.4) is 0 Å². The highest BCUT2D eigenvalue weighted by Crippen LogP contribution is 2.27. The van der Waals surface area contributed by atoms with Gasteiger partial charge in [-0.15, -0.1) is 0 Å². The maximum atomic E-state index is 12.2. The Hall–Kier alpha value is -1.69. The molecule has 0 saturated carbocycles. The van der Waals surface area contributed by atoms with Crippen molar-refractivity contribution in [2.45, 2.75) is 12.5 Å². The number of nitrogens with zero attached hydrogens (tertiary/aromatic N) is 2. The van der Waals surface area contributed by atoms with E-state index in [2.05, 4.69) is 15.3 Å². The van der Waals surface area contributed by atoms with E-state index in [-0.39, 0.29) is 11.9 Å². The van der Waals surface area contributed by atoms with Crippen LogP contribution in [0.25, 0.3) is 11.3 Å². The highest BCUT2D eigenvalue weighted by atomic mass is 35.5. The van der Waals surface area contributed by atoms with Gasteiger partial charge in [0.1, 0.15) is 12.0 Å². The van der Waals surface area contributed by atoms with Crippen molar-refractivity contribution in [2.24, 2.45) is 0 Å². The third-order valence-electron chi connectivity index (χ3n) is 3.38. The Labute approximate surface area is 137 Å². The van der Waals surface area contributed by atoms with Crippen molar-refractivity contribution in [3.05, 3.63) is 46.3 Å². The highest BCUT2D eigenvalue weighted by molar-refractivity contribution is 6.42. The van der Waals surface area contributed by atoms with E-state index in [1.807, 2.05) is 0 Å². The van der Waals surface area contributed by atoms with Gasteiger partial charge in [0, 0.05) is 12.2 Å². The minimum atomic E-state index is -0.237. The molecule has 1 N–H and O–H groups in total. The van der Waals surface area contributed by atoms with Crippen molar-refractivity contribution in [3.63, 3.8) is 0 Å². The van der Waals surface area contributed by atoms with E-state index in [9.17, 15) is 4.79 Å². The van der Waals surface area contributed by atoms with Crippen molar-refractivity contribution >= 4 is 29.1 Å². The zero-order valence-corrected chi connectivity index (χ0v) is 13.1. The van der Waals surface area contributed by atoms with Crippen molar-refractivity contribution < 1.29 is 9.53 Å². The van der Waals surface area contributed by atoms with Gasteiger partial charge in [-0.05, 0) is 24.6 Å². The van der Waals surface area contributed by atoms with Crippen molar-refractivity contribution in [1.29, 1.82) is 0 Å². The fourth-order valence-electron chi connectivity index (χ4n) is 2.20. The number of carbonyl (C=O) groups excluding carboxylic acids is 1. The van der Waals surface area contributed by atoms with Crippen molar-refractivity contribution in [2.75, 3.05) is 13.2 Å². The fraction of sp³-hybridized carbons (Fsp3) is 0.267. The van der Waals surface area contributed by atoms with Crippen LogP contribution in [0.1, 0.15) is 16.9 Å². The van der Waals surface area contributed by atoms with Crippen LogP contribution < -0.4 is 5.32 Å². The largest absolute Gasteiger partial charge is 0.379 e. The number of carbonyl (C=O) groups is 1. The standard InChI is InChI=1S/C15H13Cl2N3O2/c16-11-2-1-9(5-12(11)17)13-6-14(19-8-18-13)15(21)20-10-3-4-22-7-10/h1-2,5-6,8,10H,3-4,7H2,(H,20,21)/t10-/m1/s1. The number of hydrogen-bond acceptors (Lipinski definition) is 4. The summed E-state index contributed by atoms with van der Waals surface area (Å²) in [5.74, 6) is -0.237. The summed E-state index contributed by atoms with van der Waals surface area (Å²) < 4.78 is 5.24. The molecule has 1 aliphatic heterocycles. The van der Waals surface area contributed by atoms with Crippen LogP contribution in [0.5, 0.6) is 0 Å². The third-order valence-corrected chi connectivity index (χ3v) is 4.12. The number of halogens is 2. The van der Waals surface area contributed by atoms with Crippen LogP contribution in [0, 0.1) is 0 Å². The predicted octanol–water partition coefficient (Wildman–Crippen LogP) is 2.97. The van der Waals surface area contributed by atoms with Gasteiger partial charge in [0.2, 0.25) is 0 Å². The molecule has 114 valence electrons. The summed E-state index contributed by atoms with van der Waals surface area (Å²) in [7, 11) is 0. The molecule has 1 aliphatic rings. The molecule has 22 heavy (non-hydrogen) atoms. The van der Waals surface area contributed by atoms with Gasteiger partial charge in [-0.3, -0.25) is 4.79 Å². The summed E-state index contributed by atoms with van der Waals surface area (Å²) >= 11 is 11.9. The molecule has 0 aliphatic carbocycles. The molecule has 1 aromatic carbocycles. The third kappa shape index (κ3) is 3.38. The highest BCUT2D eigenvalue weighted by Gasteiger charge is 2.19. The number of rotatable bonds is 3. The Morgan fingerprint density at radius 1 is 1.23 bits per heavy atom. The molecular weight excluding hydrogens is 325 g/mol. The minimum Gasteiger partial charge on any atom is -0.379 e. The van der Waals surface area contributed by atoms with Gasteiger partial charge < -0.3 is 10.1 Å². The van der Waals surface area contributed by atoms with E-state index in [1.54, 1.807) is 24.3 Å². The molecule has 1 fully saturated rings. The average molecular weight is 338 g/mol. The van der Waals surface area contributed by atoms with Gasteiger partial charge in [-0.1, -0.05) is 29.3 Å². The van der Waals surface area contributed by atoms with Gasteiger partial charge in [-0.2, -0.15) is 0 Å². The molecule has 2 heterocycles. The SMILES string of the molecule is O=C(N[C@@H]1CCOC1)c1cc(-c2ccc(Cl)c(Cl)c2)ncn1. The molecule has 0 spiro atoms. The lowest BCUT2D eigenvalue weighted by molar-refractivity contribution is 0.0924. The van der Waals surface area contributed by atoms with Gasteiger partial charge in [0.05, 0.1) is 28.4 Å². The average Bonchev–Trinajstić information content (AvgIpc) is 3.03. The molecular formula is C15H13Cl2N3O2. The van der Waals surface area contributed by atoms with E-state index in [0.29, 0.717) is 34.6 Å². The molecule has 0 radical (unpaired) electrons. The lowest BCUT2D eigenvalue weighted by atomic mass is 10.1. The van der Waals surface area contributed by atoms with Gasteiger partial charge in [0.15, 0.2) is 0 Å². The van der Waals surface area contributed by atoms with Crippen LogP contribution in [0.15, 0.2) is 30.6 Å². The van der Waals surface area contributed by atoms with Crippen LogP contribution in [0.4, 0.5) is 0 Å². The quantitative estimate of drug-likeness (QED) is 0.935. The normalized spacial score (nSPS) is 17.5. The summed E-state index contributed by atoms with van der Waals surface area (Å²) in [5, 5.41) is 3.80. The van der Waals surface area contributed by atoms with Crippen LogP contribution in [-0.4, -0.2) is 35.1 Å².